The second kappa shape index (κ2) is 12.3. The molecule has 0 bridgehead atoms. The summed E-state index contributed by atoms with van der Waals surface area (Å²) in [7, 11) is 1.57. The molecule has 9 nitrogen and oxygen atoms in total. The van der Waals surface area contributed by atoms with Gasteiger partial charge in [-0.3, -0.25) is 10.2 Å². The number of benzene rings is 3. The number of carbonyl (C=O) groups excluding carboxylic acids is 1. The van der Waals surface area contributed by atoms with Gasteiger partial charge in [-0.1, -0.05) is 36.4 Å². The molecule has 0 aliphatic rings. The largest absolute Gasteiger partial charge is 0.493 e. The Morgan fingerprint density at radius 3 is 2.54 bits per heavy atom. The number of aromatic amines is 1. The number of hydrogen-bond donors (Lipinski definition) is 5. The summed E-state index contributed by atoms with van der Waals surface area (Å²) in [5.74, 6) is 0.891. The molecule has 1 aromatic heterocycles. The standard InChI is InChI=1S/C28H30N6O3/c1-36-25-15-21(9-12-24(25)37-17-19-5-3-2-4-6-19)26(28(35)32-14-13-23-16-31-18-33-23)34-22-10-7-20(8-11-22)27(29)30/h2-12,15-16,18,26,34H,13-14,17H2,1H3,(H3,29,30)(H,31,33)(H,32,35)/t26-/m1/s1. The zero-order valence-electron chi connectivity index (χ0n) is 20.5. The van der Waals surface area contributed by atoms with Crippen LogP contribution in [-0.4, -0.2) is 35.4 Å². The first-order valence-corrected chi connectivity index (χ1v) is 11.8. The fourth-order valence-corrected chi connectivity index (χ4v) is 3.78. The smallest absolute Gasteiger partial charge is 0.247 e. The molecule has 4 aromatic rings. The van der Waals surface area contributed by atoms with E-state index >= 15 is 0 Å². The maximum Gasteiger partial charge on any atom is 0.247 e. The molecule has 1 heterocycles. The summed E-state index contributed by atoms with van der Waals surface area (Å²) >= 11 is 0. The number of amidine groups is 1. The van der Waals surface area contributed by atoms with Crippen LogP contribution < -0.4 is 25.8 Å². The average Bonchev–Trinajstić information content (AvgIpc) is 3.45. The van der Waals surface area contributed by atoms with E-state index in [0.29, 0.717) is 47.9 Å². The molecule has 9 heteroatoms. The number of carbonyl (C=O) groups is 1. The van der Waals surface area contributed by atoms with E-state index in [1.165, 1.54) is 0 Å². The molecule has 1 amide bonds. The van der Waals surface area contributed by atoms with Gasteiger partial charge in [0.1, 0.15) is 18.5 Å². The quantitative estimate of drug-likeness (QED) is 0.149. The van der Waals surface area contributed by atoms with Crippen LogP contribution in [0.25, 0.3) is 0 Å². The van der Waals surface area contributed by atoms with E-state index in [1.54, 1.807) is 50.0 Å². The highest BCUT2D eigenvalue weighted by Crippen LogP contribution is 2.32. The summed E-state index contributed by atoms with van der Waals surface area (Å²) in [5, 5.41) is 13.9. The number of nitrogens with one attached hydrogen (secondary N) is 4. The van der Waals surface area contributed by atoms with Crippen LogP contribution in [0.1, 0.15) is 28.4 Å². The van der Waals surface area contributed by atoms with Gasteiger partial charge in [0.25, 0.3) is 0 Å². The number of nitrogens with zero attached hydrogens (tertiary/aromatic N) is 1. The van der Waals surface area contributed by atoms with Gasteiger partial charge in [0, 0.05) is 36.1 Å². The number of amides is 1. The summed E-state index contributed by atoms with van der Waals surface area (Å²) in [6.45, 7) is 0.840. The topological polar surface area (TPSA) is 138 Å². The van der Waals surface area contributed by atoms with Gasteiger partial charge in [-0.2, -0.15) is 0 Å². The molecule has 0 saturated heterocycles. The van der Waals surface area contributed by atoms with E-state index in [-0.39, 0.29) is 11.7 Å². The molecule has 4 rings (SSSR count). The maximum atomic E-state index is 13.3. The van der Waals surface area contributed by atoms with Gasteiger partial charge in [0.05, 0.1) is 13.4 Å². The van der Waals surface area contributed by atoms with E-state index in [0.717, 1.165) is 11.3 Å². The number of hydrogen-bond acceptors (Lipinski definition) is 6. The third kappa shape index (κ3) is 6.88. The molecule has 0 spiro atoms. The Labute approximate surface area is 215 Å². The summed E-state index contributed by atoms with van der Waals surface area (Å²) in [6, 6.07) is 21.7. The highest BCUT2D eigenvalue weighted by molar-refractivity contribution is 5.95. The third-order valence-electron chi connectivity index (χ3n) is 5.78. The molecule has 0 radical (unpaired) electrons. The molecule has 3 aromatic carbocycles. The first kappa shape index (κ1) is 25.3. The highest BCUT2D eigenvalue weighted by atomic mass is 16.5. The number of rotatable bonds is 12. The van der Waals surface area contributed by atoms with Crippen molar-refractivity contribution in [3.63, 3.8) is 0 Å². The van der Waals surface area contributed by atoms with Crippen molar-refractivity contribution in [3.8, 4) is 11.5 Å². The third-order valence-corrected chi connectivity index (χ3v) is 5.78. The number of anilines is 1. The van der Waals surface area contributed by atoms with Crippen LogP contribution >= 0.6 is 0 Å². The van der Waals surface area contributed by atoms with Crippen molar-refractivity contribution >= 4 is 17.4 Å². The maximum absolute atomic E-state index is 13.3. The zero-order chi connectivity index (χ0) is 26.0. The Kier molecular flexibility index (Phi) is 8.38. The summed E-state index contributed by atoms with van der Waals surface area (Å²) in [6.07, 6.45) is 3.97. The minimum absolute atomic E-state index is 0.0181. The Hall–Kier alpha value is -4.79. The van der Waals surface area contributed by atoms with Crippen molar-refractivity contribution in [2.45, 2.75) is 19.1 Å². The minimum atomic E-state index is -0.706. The first-order chi connectivity index (χ1) is 18.0. The summed E-state index contributed by atoms with van der Waals surface area (Å²) in [5.41, 5.74) is 9.57. The lowest BCUT2D eigenvalue weighted by Gasteiger charge is -2.21. The Bertz CT molecular complexity index is 1310. The van der Waals surface area contributed by atoms with Crippen molar-refractivity contribution in [1.82, 2.24) is 15.3 Å². The average molecular weight is 499 g/mol. The second-order valence-electron chi connectivity index (χ2n) is 8.37. The molecule has 0 aliphatic heterocycles. The summed E-state index contributed by atoms with van der Waals surface area (Å²) < 4.78 is 11.6. The van der Waals surface area contributed by atoms with Crippen molar-refractivity contribution in [3.05, 3.63) is 108 Å². The predicted octanol–water partition coefficient (Wildman–Crippen LogP) is 3.79. The van der Waals surface area contributed by atoms with Gasteiger partial charge in [0.2, 0.25) is 5.91 Å². The zero-order valence-corrected chi connectivity index (χ0v) is 20.5. The molecule has 0 fully saturated rings. The molecule has 190 valence electrons. The second-order valence-corrected chi connectivity index (χ2v) is 8.37. The van der Waals surface area contributed by atoms with Crippen molar-refractivity contribution < 1.29 is 14.3 Å². The first-order valence-electron chi connectivity index (χ1n) is 11.8. The Morgan fingerprint density at radius 1 is 1.08 bits per heavy atom. The van der Waals surface area contributed by atoms with Crippen LogP contribution in [-0.2, 0) is 17.8 Å². The number of methoxy groups -OCH3 is 1. The monoisotopic (exact) mass is 498 g/mol. The van der Waals surface area contributed by atoms with E-state index in [9.17, 15) is 4.79 Å². The van der Waals surface area contributed by atoms with Crippen molar-refractivity contribution in [2.75, 3.05) is 19.0 Å². The van der Waals surface area contributed by atoms with Gasteiger partial charge in [-0.05, 0) is 47.5 Å². The molecule has 6 N–H and O–H groups in total. The van der Waals surface area contributed by atoms with E-state index in [4.69, 9.17) is 20.6 Å². The SMILES string of the molecule is COc1cc([C@@H](Nc2ccc(C(=N)N)cc2)C(=O)NCCc2cnc[nH]2)ccc1OCc1ccccc1. The Balaban J connectivity index is 1.53. The molecule has 37 heavy (non-hydrogen) atoms. The van der Waals surface area contributed by atoms with Gasteiger partial charge in [-0.15, -0.1) is 0 Å². The molecular weight excluding hydrogens is 468 g/mol. The molecule has 0 unspecified atom stereocenters. The minimum Gasteiger partial charge on any atom is -0.493 e. The van der Waals surface area contributed by atoms with Gasteiger partial charge >= 0.3 is 0 Å². The number of imidazole rings is 1. The van der Waals surface area contributed by atoms with E-state index in [1.807, 2.05) is 42.5 Å². The molecule has 1 atom stereocenters. The number of H-pyrrole nitrogens is 1. The lowest BCUT2D eigenvalue weighted by Crippen LogP contribution is -2.34. The molecule has 0 aliphatic carbocycles. The fourth-order valence-electron chi connectivity index (χ4n) is 3.78. The van der Waals surface area contributed by atoms with Crippen LogP contribution in [0.4, 0.5) is 5.69 Å². The van der Waals surface area contributed by atoms with Gasteiger partial charge in [-0.25, -0.2) is 4.98 Å². The van der Waals surface area contributed by atoms with Crippen LogP contribution in [0.15, 0.2) is 85.3 Å². The fraction of sp³-hybridized carbons (Fsp3) is 0.179. The van der Waals surface area contributed by atoms with Crippen LogP contribution in [0.2, 0.25) is 0 Å². The van der Waals surface area contributed by atoms with E-state index in [2.05, 4.69) is 20.6 Å². The van der Waals surface area contributed by atoms with Gasteiger partial charge < -0.3 is 30.8 Å². The number of ether oxygens (including phenoxy) is 2. The van der Waals surface area contributed by atoms with Crippen LogP contribution in [0, 0.1) is 5.41 Å². The number of aromatic nitrogens is 2. The van der Waals surface area contributed by atoms with Crippen LogP contribution in [0.3, 0.4) is 0 Å². The lowest BCUT2D eigenvalue weighted by atomic mass is 10.0. The van der Waals surface area contributed by atoms with Crippen molar-refractivity contribution in [2.24, 2.45) is 5.73 Å². The Morgan fingerprint density at radius 2 is 1.86 bits per heavy atom. The van der Waals surface area contributed by atoms with Crippen LogP contribution in [0.5, 0.6) is 11.5 Å². The predicted molar refractivity (Wildman–Crippen MR) is 143 cm³/mol. The number of nitrogens with two attached hydrogens (primary N) is 1. The normalized spacial score (nSPS) is 11.4. The highest BCUT2D eigenvalue weighted by Gasteiger charge is 2.22. The van der Waals surface area contributed by atoms with Gasteiger partial charge in [0.15, 0.2) is 11.5 Å². The molecule has 0 saturated carbocycles. The number of nitrogen functional groups attached to an aromatic ring is 1. The lowest BCUT2D eigenvalue weighted by molar-refractivity contribution is -0.121. The summed E-state index contributed by atoms with van der Waals surface area (Å²) in [4.78, 5) is 20.4. The van der Waals surface area contributed by atoms with E-state index < -0.39 is 6.04 Å². The molecular formula is C28H30N6O3. The van der Waals surface area contributed by atoms with Crippen molar-refractivity contribution in [1.29, 1.82) is 5.41 Å².